The first-order valence-corrected chi connectivity index (χ1v) is 11.5. The summed E-state index contributed by atoms with van der Waals surface area (Å²) in [6.07, 6.45) is 6.51. The van der Waals surface area contributed by atoms with Crippen molar-refractivity contribution in [2.24, 2.45) is 0 Å². The molecule has 0 amide bonds. The molecule has 8 heteroatoms. The summed E-state index contributed by atoms with van der Waals surface area (Å²) in [5.74, 6) is 1.22. The minimum absolute atomic E-state index is 0.251. The molecular formula is C24H33N3O5. The summed E-state index contributed by atoms with van der Waals surface area (Å²) in [5, 5.41) is 4.73. The summed E-state index contributed by atoms with van der Waals surface area (Å²) in [6.45, 7) is 5.72. The van der Waals surface area contributed by atoms with Crippen molar-refractivity contribution in [2.45, 2.75) is 51.4 Å². The highest BCUT2D eigenvalue weighted by Crippen LogP contribution is 2.35. The number of esters is 1. The van der Waals surface area contributed by atoms with E-state index in [9.17, 15) is 4.79 Å². The fraction of sp³-hybridized carbons (Fsp3) is 0.583. The van der Waals surface area contributed by atoms with Crippen LogP contribution in [0.3, 0.4) is 0 Å². The lowest BCUT2D eigenvalue weighted by Crippen LogP contribution is -2.43. The van der Waals surface area contributed by atoms with Crippen molar-refractivity contribution in [3.05, 3.63) is 30.5 Å². The summed E-state index contributed by atoms with van der Waals surface area (Å²) < 4.78 is 24.6. The molecule has 2 aromatic rings. The molecule has 1 unspecified atom stereocenters. The molecule has 2 aliphatic rings. The largest absolute Gasteiger partial charge is 0.493 e. The van der Waals surface area contributed by atoms with Crippen molar-refractivity contribution in [1.29, 1.82) is 0 Å². The van der Waals surface area contributed by atoms with Crippen LogP contribution in [0.15, 0.2) is 30.5 Å². The molecule has 32 heavy (non-hydrogen) atoms. The lowest BCUT2D eigenvalue weighted by atomic mass is 10.1. The Hall–Kier alpha value is -2.58. The van der Waals surface area contributed by atoms with Gasteiger partial charge in [-0.15, -0.1) is 0 Å². The zero-order valence-corrected chi connectivity index (χ0v) is 19.0. The van der Waals surface area contributed by atoms with Crippen LogP contribution in [-0.4, -0.2) is 72.8 Å². The van der Waals surface area contributed by atoms with E-state index in [2.05, 4.69) is 4.90 Å². The maximum Gasteiger partial charge on any atom is 0.303 e. The van der Waals surface area contributed by atoms with Gasteiger partial charge in [-0.2, -0.15) is 5.10 Å². The zero-order valence-electron chi connectivity index (χ0n) is 19.0. The number of hydrogen-bond acceptors (Lipinski definition) is 7. The lowest BCUT2D eigenvalue weighted by molar-refractivity contribution is -0.148. The third kappa shape index (κ3) is 6.01. The normalized spacial score (nSPS) is 18.4. The van der Waals surface area contributed by atoms with Gasteiger partial charge in [-0.3, -0.25) is 14.4 Å². The number of hydrogen-bond donors (Lipinski definition) is 0. The van der Waals surface area contributed by atoms with Crippen LogP contribution in [0.2, 0.25) is 0 Å². The highest BCUT2D eigenvalue weighted by molar-refractivity contribution is 5.66. The van der Waals surface area contributed by atoms with Gasteiger partial charge < -0.3 is 18.9 Å². The van der Waals surface area contributed by atoms with Crippen molar-refractivity contribution in [1.82, 2.24) is 14.7 Å². The molecule has 1 aliphatic heterocycles. The molecular weight excluding hydrogens is 410 g/mol. The Labute approximate surface area is 189 Å². The molecule has 0 spiro atoms. The summed E-state index contributed by atoms with van der Waals surface area (Å²) in [5.41, 5.74) is 1.81. The predicted molar refractivity (Wildman–Crippen MR) is 120 cm³/mol. The van der Waals surface area contributed by atoms with E-state index < -0.39 is 0 Å². The number of carbonyl (C=O) groups is 1. The molecule has 2 heterocycles. The quantitative estimate of drug-likeness (QED) is 0.551. The van der Waals surface area contributed by atoms with Crippen LogP contribution in [0.1, 0.15) is 32.6 Å². The molecule has 0 bridgehead atoms. The average molecular weight is 444 g/mol. The van der Waals surface area contributed by atoms with Crippen LogP contribution in [0, 0.1) is 0 Å². The Morgan fingerprint density at radius 1 is 1.16 bits per heavy atom. The number of nitrogens with zero attached hydrogens (tertiary/aromatic N) is 3. The van der Waals surface area contributed by atoms with E-state index in [1.54, 1.807) is 7.11 Å². The second-order valence-corrected chi connectivity index (χ2v) is 8.46. The number of carbonyl (C=O) groups excluding carboxylic acids is 1. The van der Waals surface area contributed by atoms with Crippen LogP contribution in [0.25, 0.3) is 11.3 Å². The first kappa shape index (κ1) is 22.6. The van der Waals surface area contributed by atoms with Gasteiger partial charge in [0, 0.05) is 38.3 Å². The maximum absolute atomic E-state index is 11.6. The van der Waals surface area contributed by atoms with Gasteiger partial charge in [-0.25, -0.2) is 0 Å². The van der Waals surface area contributed by atoms with E-state index in [1.807, 2.05) is 35.1 Å². The molecule has 1 aromatic carbocycles. The minimum Gasteiger partial charge on any atom is -0.493 e. The van der Waals surface area contributed by atoms with Crippen molar-refractivity contribution in [3.63, 3.8) is 0 Å². The average Bonchev–Trinajstić information content (AvgIpc) is 3.46. The van der Waals surface area contributed by atoms with Crippen LogP contribution in [-0.2, 0) is 20.8 Å². The van der Waals surface area contributed by atoms with Crippen molar-refractivity contribution < 1.29 is 23.7 Å². The molecule has 1 saturated heterocycles. The molecule has 1 atom stereocenters. The summed E-state index contributed by atoms with van der Waals surface area (Å²) in [6, 6.07) is 7.89. The Balaban J connectivity index is 1.46. The first-order valence-electron chi connectivity index (χ1n) is 11.5. The third-order valence-electron chi connectivity index (χ3n) is 5.98. The number of ether oxygens (including phenoxy) is 4. The lowest BCUT2D eigenvalue weighted by Gasteiger charge is -2.30. The summed E-state index contributed by atoms with van der Waals surface area (Å²) in [4.78, 5) is 13.9. The van der Waals surface area contributed by atoms with Gasteiger partial charge in [-0.1, -0.05) is 0 Å². The van der Waals surface area contributed by atoms with Gasteiger partial charge in [0.15, 0.2) is 11.5 Å². The highest BCUT2D eigenvalue weighted by Gasteiger charge is 2.21. The topological polar surface area (TPSA) is 75.0 Å². The fourth-order valence-corrected chi connectivity index (χ4v) is 4.38. The second kappa shape index (κ2) is 10.8. The number of methoxy groups -OCH3 is 1. The van der Waals surface area contributed by atoms with Crippen LogP contribution in [0.5, 0.6) is 11.5 Å². The molecule has 1 aromatic heterocycles. The predicted octanol–water partition coefficient (Wildman–Crippen LogP) is 3.14. The van der Waals surface area contributed by atoms with Gasteiger partial charge in [-0.05, 0) is 49.9 Å². The fourth-order valence-electron chi connectivity index (χ4n) is 4.38. The Bertz CT molecular complexity index is 888. The molecule has 8 nitrogen and oxygen atoms in total. The summed E-state index contributed by atoms with van der Waals surface area (Å²) in [7, 11) is 1.66. The third-order valence-corrected chi connectivity index (χ3v) is 5.98. The smallest absolute Gasteiger partial charge is 0.303 e. The van der Waals surface area contributed by atoms with Crippen molar-refractivity contribution in [3.8, 4) is 22.8 Å². The van der Waals surface area contributed by atoms with Crippen LogP contribution < -0.4 is 9.47 Å². The first-order chi connectivity index (χ1) is 15.6. The van der Waals surface area contributed by atoms with E-state index in [0.29, 0.717) is 26.3 Å². The number of benzene rings is 1. The minimum atomic E-state index is -0.278. The molecule has 0 N–H and O–H groups in total. The second-order valence-electron chi connectivity index (χ2n) is 8.46. The van der Waals surface area contributed by atoms with E-state index >= 15 is 0 Å². The molecule has 0 radical (unpaired) electrons. The highest BCUT2D eigenvalue weighted by atomic mass is 16.5. The van der Waals surface area contributed by atoms with Gasteiger partial charge in [0.25, 0.3) is 0 Å². The number of aromatic nitrogens is 2. The van der Waals surface area contributed by atoms with Gasteiger partial charge in [0.05, 0.1) is 38.7 Å². The van der Waals surface area contributed by atoms with Gasteiger partial charge >= 0.3 is 5.97 Å². The van der Waals surface area contributed by atoms with Crippen molar-refractivity contribution in [2.75, 3.05) is 40.0 Å². The monoisotopic (exact) mass is 443 g/mol. The molecule has 1 saturated carbocycles. The van der Waals surface area contributed by atoms with Crippen LogP contribution in [0.4, 0.5) is 0 Å². The summed E-state index contributed by atoms with van der Waals surface area (Å²) >= 11 is 0. The molecule has 2 fully saturated rings. The molecule has 4 rings (SSSR count). The maximum atomic E-state index is 11.6. The standard InChI is InChI=1S/C24H33N3O5/c1-18(28)31-21(16-26-11-13-30-14-12-26)17-27-10-9-22(25-27)19-7-8-23(29-2)24(15-19)32-20-5-3-4-6-20/h7-10,15,20-21H,3-6,11-14,16-17H2,1-2H3. The SMILES string of the molecule is COc1ccc(-c2ccn(CC(CN3CCOCC3)OC(C)=O)n2)cc1OC1CCCC1. The number of morpholine rings is 1. The van der Waals surface area contributed by atoms with Gasteiger partial charge in [0.1, 0.15) is 6.10 Å². The van der Waals surface area contributed by atoms with Crippen LogP contribution >= 0.6 is 0 Å². The Morgan fingerprint density at radius 3 is 2.66 bits per heavy atom. The Kier molecular flexibility index (Phi) is 7.65. The van der Waals surface area contributed by atoms with E-state index in [0.717, 1.165) is 48.7 Å². The molecule has 174 valence electrons. The van der Waals surface area contributed by atoms with Crippen molar-refractivity contribution >= 4 is 5.97 Å². The molecule has 1 aliphatic carbocycles. The van der Waals surface area contributed by atoms with E-state index in [-0.39, 0.29) is 18.2 Å². The zero-order chi connectivity index (χ0) is 22.3. The Morgan fingerprint density at radius 2 is 1.94 bits per heavy atom. The number of rotatable bonds is 9. The van der Waals surface area contributed by atoms with E-state index in [1.165, 1.54) is 19.8 Å². The van der Waals surface area contributed by atoms with Gasteiger partial charge in [0.2, 0.25) is 0 Å². The van der Waals surface area contributed by atoms with E-state index in [4.69, 9.17) is 24.0 Å².